The van der Waals surface area contributed by atoms with Crippen molar-refractivity contribution in [2.24, 2.45) is 11.8 Å². The monoisotopic (exact) mass is 170 g/mol. The van der Waals surface area contributed by atoms with Crippen LogP contribution in [0.25, 0.3) is 0 Å². The first-order valence-electron chi connectivity index (χ1n) is 4.03. The zero-order valence-corrected chi connectivity index (χ0v) is 6.74. The van der Waals surface area contributed by atoms with E-state index in [0.29, 0.717) is 6.42 Å². The molecule has 0 aromatic rings. The van der Waals surface area contributed by atoms with Gasteiger partial charge in [-0.15, -0.1) is 0 Å². The van der Waals surface area contributed by atoms with Crippen molar-refractivity contribution >= 4 is 11.8 Å². The summed E-state index contributed by atoms with van der Waals surface area (Å²) in [5.41, 5.74) is -0.636. The van der Waals surface area contributed by atoms with Crippen LogP contribution in [0, 0.1) is 11.8 Å². The van der Waals surface area contributed by atoms with E-state index in [1.807, 2.05) is 6.92 Å². The van der Waals surface area contributed by atoms with E-state index >= 15 is 0 Å². The van der Waals surface area contributed by atoms with E-state index in [1.165, 1.54) is 0 Å². The molecule has 1 saturated heterocycles. The van der Waals surface area contributed by atoms with Crippen LogP contribution in [-0.4, -0.2) is 29.1 Å². The zero-order chi connectivity index (χ0) is 8.93. The second-order valence-electron chi connectivity index (χ2n) is 3.36. The lowest BCUT2D eigenvalue weighted by Gasteiger charge is -2.09. The van der Waals surface area contributed by atoms with Crippen molar-refractivity contribution in [1.29, 1.82) is 0 Å². The number of ether oxygens (including phenoxy) is 1. The van der Waals surface area contributed by atoms with Crippen molar-refractivity contribution in [3.8, 4) is 0 Å². The van der Waals surface area contributed by atoms with Gasteiger partial charge in [0.25, 0.3) is 0 Å². The van der Waals surface area contributed by atoms with Crippen molar-refractivity contribution in [2.75, 3.05) is 6.61 Å². The zero-order valence-electron chi connectivity index (χ0n) is 6.74. The summed E-state index contributed by atoms with van der Waals surface area (Å²) in [5, 5.41) is 8.74. The minimum Gasteiger partial charge on any atom is -0.481 e. The number of fused-ring (bicyclic) bond motifs is 1. The van der Waals surface area contributed by atoms with Crippen LogP contribution < -0.4 is 0 Å². The van der Waals surface area contributed by atoms with Crippen LogP contribution in [0.5, 0.6) is 0 Å². The molecule has 3 atom stereocenters. The van der Waals surface area contributed by atoms with Gasteiger partial charge in [-0.3, -0.25) is 9.59 Å². The predicted molar refractivity (Wildman–Crippen MR) is 38.6 cm³/mol. The molecule has 0 spiro atoms. The van der Waals surface area contributed by atoms with Gasteiger partial charge in [-0.2, -0.15) is 0 Å². The number of carbonyl (C=O) groups excluding carboxylic acids is 1. The molecule has 0 amide bonds. The quantitative estimate of drug-likeness (QED) is 0.636. The summed E-state index contributed by atoms with van der Waals surface area (Å²) >= 11 is 0. The average molecular weight is 170 g/mol. The third kappa shape index (κ3) is 0.659. The molecule has 0 bridgehead atoms. The van der Waals surface area contributed by atoms with E-state index in [4.69, 9.17) is 9.84 Å². The van der Waals surface area contributed by atoms with Crippen LogP contribution in [0.4, 0.5) is 0 Å². The van der Waals surface area contributed by atoms with Gasteiger partial charge in [0.15, 0.2) is 5.78 Å². The molecule has 1 aliphatic carbocycles. The molecule has 0 unspecified atom stereocenters. The Kier molecular flexibility index (Phi) is 1.33. The molecule has 1 heterocycles. The highest BCUT2D eigenvalue weighted by molar-refractivity contribution is 5.97. The molecular formula is C8H10O4. The van der Waals surface area contributed by atoms with Gasteiger partial charge in [-0.25, -0.2) is 0 Å². The number of hydrogen-bond donors (Lipinski definition) is 1. The van der Waals surface area contributed by atoms with Crippen LogP contribution in [0.2, 0.25) is 0 Å². The first-order valence-corrected chi connectivity index (χ1v) is 4.03. The minimum absolute atomic E-state index is 0.0516. The van der Waals surface area contributed by atoms with Gasteiger partial charge < -0.3 is 9.84 Å². The van der Waals surface area contributed by atoms with Gasteiger partial charge in [0.1, 0.15) is 6.61 Å². The lowest BCUT2D eigenvalue weighted by Crippen LogP contribution is -2.20. The molecule has 66 valence electrons. The summed E-state index contributed by atoms with van der Waals surface area (Å²) < 4.78 is 5.22. The molecule has 1 saturated carbocycles. The van der Waals surface area contributed by atoms with E-state index in [1.54, 1.807) is 0 Å². The van der Waals surface area contributed by atoms with Crippen LogP contribution in [0.15, 0.2) is 0 Å². The number of aliphatic carboxylic acids is 1. The molecule has 1 aliphatic heterocycles. The maximum atomic E-state index is 11.1. The molecular weight excluding hydrogens is 160 g/mol. The summed E-state index contributed by atoms with van der Waals surface area (Å²) in [6.45, 7) is 1.96. The van der Waals surface area contributed by atoms with E-state index in [-0.39, 0.29) is 18.3 Å². The minimum atomic E-state index is -0.908. The van der Waals surface area contributed by atoms with Gasteiger partial charge in [-0.05, 0) is 6.42 Å². The summed E-state index contributed by atoms with van der Waals surface area (Å²) in [4.78, 5) is 21.8. The van der Waals surface area contributed by atoms with Crippen LogP contribution in [0.1, 0.15) is 13.3 Å². The molecule has 2 aliphatic rings. The first kappa shape index (κ1) is 7.73. The van der Waals surface area contributed by atoms with Crippen LogP contribution >= 0.6 is 0 Å². The normalized spacial score (nSPS) is 44.2. The Labute approximate surface area is 69.5 Å². The number of ketones is 1. The summed E-state index contributed by atoms with van der Waals surface area (Å²) in [6, 6.07) is 0. The summed E-state index contributed by atoms with van der Waals surface area (Å²) in [7, 11) is 0. The second kappa shape index (κ2) is 2.07. The Bertz CT molecular complexity index is 254. The van der Waals surface area contributed by atoms with Gasteiger partial charge in [0, 0.05) is 0 Å². The summed E-state index contributed by atoms with van der Waals surface area (Å²) in [5.74, 6) is -1.90. The number of carbonyl (C=O) groups is 2. The predicted octanol–water partition coefficient (Wildman–Crippen LogP) is 0.0651. The van der Waals surface area contributed by atoms with Crippen molar-refractivity contribution in [3.05, 3.63) is 0 Å². The number of hydrogen-bond acceptors (Lipinski definition) is 3. The lowest BCUT2D eigenvalue weighted by atomic mass is 10.2. The van der Waals surface area contributed by atoms with Crippen molar-refractivity contribution < 1.29 is 19.4 Å². The van der Waals surface area contributed by atoms with Crippen molar-refractivity contribution in [3.63, 3.8) is 0 Å². The maximum Gasteiger partial charge on any atom is 0.310 e. The van der Waals surface area contributed by atoms with Crippen molar-refractivity contribution in [2.45, 2.75) is 18.9 Å². The van der Waals surface area contributed by atoms with Gasteiger partial charge in [0.2, 0.25) is 0 Å². The fraction of sp³-hybridized carbons (Fsp3) is 0.750. The molecule has 12 heavy (non-hydrogen) atoms. The number of carboxylic acids is 1. The Morgan fingerprint density at radius 1 is 1.83 bits per heavy atom. The lowest BCUT2D eigenvalue weighted by molar-refractivity contribution is -0.143. The molecule has 0 aromatic heterocycles. The Hall–Kier alpha value is -0.900. The van der Waals surface area contributed by atoms with Crippen LogP contribution in [-0.2, 0) is 14.3 Å². The summed E-state index contributed by atoms with van der Waals surface area (Å²) in [6.07, 6.45) is 0.611. The fourth-order valence-corrected chi connectivity index (χ4v) is 2.24. The van der Waals surface area contributed by atoms with Crippen LogP contribution in [0.3, 0.4) is 0 Å². The third-order valence-electron chi connectivity index (χ3n) is 2.93. The maximum absolute atomic E-state index is 11.1. The van der Waals surface area contributed by atoms with Gasteiger partial charge >= 0.3 is 5.97 Å². The number of Topliss-reactive ketones (excluding diaryl/α,β-unsaturated/α-hetero) is 1. The smallest absolute Gasteiger partial charge is 0.310 e. The standard InChI is InChI=1S/C8H10O4/c1-2-8-5(4(9)3-12-8)6(8)7(10)11/h5-6H,2-3H2,1H3,(H,10,11)/t5-,6+,8-/m1/s1. The Morgan fingerprint density at radius 2 is 2.50 bits per heavy atom. The molecule has 2 rings (SSSR count). The molecule has 0 radical (unpaired) electrons. The number of rotatable bonds is 2. The largest absolute Gasteiger partial charge is 0.481 e. The molecule has 4 nitrogen and oxygen atoms in total. The molecule has 4 heteroatoms. The van der Waals surface area contributed by atoms with Crippen molar-refractivity contribution in [1.82, 2.24) is 0 Å². The molecule has 0 aromatic carbocycles. The first-order chi connectivity index (χ1) is 5.63. The van der Waals surface area contributed by atoms with E-state index in [2.05, 4.69) is 0 Å². The van der Waals surface area contributed by atoms with E-state index in [9.17, 15) is 9.59 Å². The second-order valence-corrected chi connectivity index (χ2v) is 3.36. The highest BCUT2D eigenvalue weighted by atomic mass is 16.5. The fourth-order valence-electron chi connectivity index (χ4n) is 2.24. The van der Waals surface area contributed by atoms with E-state index in [0.717, 1.165) is 0 Å². The van der Waals surface area contributed by atoms with E-state index < -0.39 is 17.5 Å². The average Bonchev–Trinajstić information content (AvgIpc) is 2.61. The third-order valence-corrected chi connectivity index (χ3v) is 2.93. The highest BCUT2D eigenvalue weighted by Crippen LogP contribution is 2.59. The topological polar surface area (TPSA) is 63.6 Å². The SMILES string of the molecule is CC[C@@]12OCC(=O)[C@@H]1[C@H]2C(=O)O. The Morgan fingerprint density at radius 3 is 2.83 bits per heavy atom. The molecule has 2 fully saturated rings. The molecule has 1 N–H and O–H groups in total. The van der Waals surface area contributed by atoms with Gasteiger partial charge in [0.05, 0.1) is 17.4 Å². The number of carboxylic acid groups (broad SMARTS) is 1. The van der Waals surface area contributed by atoms with Gasteiger partial charge in [-0.1, -0.05) is 6.92 Å². The highest BCUT2D eigenvalue weighted by Gasteiger charge is 2.75. The Balaban J connectivity index is 2.25.